The van der Waals surface area contributed by atoms with Gasteiger partial charge in [0.15, 0.2) is 5.75 Å². The molecule has 24 heavy (non-hydrogen) atoms. The molecule has 2 rings (SSSR count). The van der Waals surface area contributed by atoms with Crippen LogP contribution in [0.15, 0.2) is 47.4 Å². The average molecular weight is 350 g/mol. The van der Waals surface area contributed by atoms with E-state index in [1.165, 1.54) is 33.3 Å². The molecule has 0 fully saturated rings. The molecular formula is C16H18N2O5S. The number of nitrogen functional groups attached to an aromatic ring is 1. The Hall–Kier alpha value is -2.58. The van der Waals surface area contributed by atoms with Crippen LogP contribution in [0.4, 0.5) is 5.69 Å². The highest BCUT2D eigenvalue weighted by molar-refractivity contribution is 7.89. The predicted molar refractivity (Wildman–Crippen MR) is 89.6 cm³/mol. The van der Waals surface area contributed by atoms with E-state index in [4.69, 9.17) is 10.5 Å². The van der Waals surface area contributed by atoms with Crippen LogP contribution in [0.25, 0.3) is 0 Å². The number of carbonyl (C=O) groups excluding carboxylic acids is 1. The highest BCUT2D eigenvalue weighted by Crippen LogP contribution is 2.36. The highest BCUT2D eigenvalue weighted by atomic mass is 32.2. The number of benzene rings is 2. The molecule has 0 amide bonds. The maximum Gasteiger partial charge on any atom is 0.337 e. The second-order valence-corrected chi connectivity index (χ2v) is 7.21. The number of rotatable bonds is 5. The zero-order chi connectivity index (χ0) is 17.9. The minimum absolute atomic E-state index is 0.0159. The summed E-state index contributed by atoms with van der Waals surface area (Å²) < 4.78 is 36.5. The number of nitrogens with two attached hydrogens (primary N) is 1. The van der Waals surface area contributed by atoms with Crippen molar-refractivity contribution < 1.29 is 22.7 Å². The summed E-state index contributed by atoms with van der Waals surface area (Å²) in [4.78, 5) is 11.5. The lowest BCUT2D eigenvalue weighted by Crippen LogP contribution is -2.23. The second-order valence-electron chi connectivity index (χ2n) is 5.09. The number of ether oxygens (including phenoxy) is 2. The minimum atomic E-state index is -3.89. The number of hydrogen-bond acceptors (Lipinski definition) is 6. The number of para-hydroxylation sites is 1. The molecule has 0 unspecified atom stereocenters. The van der Waals surface area contributed by atoms with Crippen LogP contribution in [0.5, 0.6) is 11.5 Å². The van der Waals surface area contributed by atoms with Crippen LogP contribution in [0.2, 0.25) is 0 Å². The first-order valence-corrected chi connectivity index (χ1v) is 8.38. The SMILES string of the molecule is COC(=O)c1cc(N)c(Oc2ccccc2)c(S(=O)(=O)N(C)C)c1. The zero-order valence-electron chi connectivity index (χ0n) is 13.5. The first kappa shape index (κ1) is 17.8. The number of sulfonamides is 1. The molecule has 2 aromatic rings. The van der Waals surface area contributed by atoms with E-state index in [2.05, 4.69) is 4.74 Å². The van der Waals surface area contributed by atoms with E-state index in [1.54, 1.807) is 30.3 Å². The third-order valence-electron chi connectivity index (χ3n) is 3.23. The fraction of sp³-hybridized carbons (Fsp3) is 0.188. The number of hydrogen-bond donors (Lipinski definition) is 1. The average Bonchev–Trinajstić information content (AvgIpc) is 2.56. The van der Waals surface area contributed by atoms with Gasteiger partial charge in [0, 0.05) is 14.1 Å². The Morgan fingerprint density at radius 1 is 1.12 bits per heavy atom. The van der Waals surface area contributed by atoms with Crippen LogP contribution in [0.1, 0.15) is 10.4 Å². The first-order chi connectivity index (χ1) is 11.3. The van der Waals surface area contributed by atoms with Crippen molar-refractivity contribution in [3.63, 3.8) is 0 Å². The van der Waals surface area contributed by atoms with Crippen molar-refractivity contribution in [2.24, 2.45) is 0 Å². The number of carbonyl (C=O) groups is 1. The Labute approximate surface area is 140 Å². The second kappa shape index (κ2) is 6.90. The molecule has 0 bridgehead atoms. The van der Waals surface area contributed by atoms with Gasteiger partial charge in [0.25, 0.3) is 0 Å². The molecule has 0 spiro atoms. The number of anilines is 1. The van der Waals surface area contributed by atoms with Crippen molar-refractivity contribution in [1.29, 1.82) is 0 Å². The monoisotopic (exact) mass is 350 g/mol. The minimum Gasteiger partial charge on any atom is -0.465 e. The van der Waals surface area contributed by atoms with Gasteiger partial charge < -0.3 is 15.2 Å². The summed E-state index contributed by atoms with van der Waals surface area (Å²) in [5.41, 5.74) is 5.98. The van der Waals surface area contributed by atoms with Gasteiger partial charge in [-0.1, -0.05) is 18.2 Å². The van der Waals surface area contributed by atoms with Crippen molar-refractivity contribution in [2.75, 3.05) is 26.9 Å². The van der Waals surface area contributed by atoms with Gasteiger partial charge in [-0.2, -0.15) is 0 Å². The highest BCUT2D eigenvalue weighted by Gasteiger charge is 2.27. The van der Waals surface area contributed by atoms with E-state index >= 15 is 0 Å². The van der Waals surface area contributed by atoms with E-state index in [0.717, 1.165) is 4.31 Å². The van der Waals surface area contributed by atoms with Gasteiger partial charge in [-0.25, -0.2) is 17.5 Å². The molecule has 0 heterocycles. The Kier molecular flexibility index (Phi) is 5.10. The van der Waals surface area contributed by atoms with E-state index in [-0.39, 0.29) is 21.9 Å². The normalized spacial score (nSPS) is 11.3. The third-order valence-corrected chi connectivity index (χ3v) is 5.05. The topological polar surface area (TPSA) is 98.9 Å². The van der Waals surface area contributed by atoms with Crippen molar-refractivity contribution in [1.82, 2.24) is 4.31 Å². The molecule has 128 valence electrons. The van der Waals surface area contributed by atoms with Gasteiger partial charge in [-0.3, -0.25) is 0 Å². The predicted octanol–water partition coefficient (Wildman–Crippen LogP) is 2.10. The van der Waals surface area contributed by atoms with Crippen LogP contribution in [0.3, 0.4) is 0 Å². The molecule has 0 aliphatic heterocycles. The van der Waals surface area contributed by atoms with Crippen molar-refractivity contribution >= 4 is 21.7 Å². The summed E-state index contributed by atoms with van der Waals surface area (Å²) in [6, 6.07) is 11.1. The van der Waals surface area contributed by atoms with Crippen LogP contribution < -0.4 is 10.5 Å². The van der Waals surface area contributed by atoms with E-state index in [9.17, 15) is 13.2 Å². The number of nitrogens with zero attached hydrogens (tertiary/aromatic N) is 1. The molecule has 0 aromatic heterocycles. The number of methoxy groups -OCH3 is 1. The molecule has 0 atom stereocenters. The van der Waals surface area contributed by atoms with Gasteiger partial charge in [-0.15, -0.1) is 0 Å². The quantitative estimate of drug-likeness (QED) is 0.655. The first-order valence-electron chi connectivity index (χ1n) is 6.94. The maximum atomic E-state index is 12.6. The molecule has 7 nitrogen and oxygen atoms in total. The molecule has 0 aliphatic rings. The molecule has 2 N–H and O–H groups in total. The van der Waals surface area contributed by atoms with Gasteiger partial charge >= 0.3 is 5.97 Å². The molecule has 0 saturated heterocycles. The summed E-state index contributed by atoms with van der Waals surface area (Å²) >= 11 is 0. The summed E-state index contributed by atoms with van der Waals surface area (Å²) in [6.45, 7) is 0. The lowest BCUT2D eigenvalue weighted by molar-refractivity contribution is 0.0600. The van der Waals surface area contributed by atoms with Gasteiger partial charge in [0.2, 0.25) is 10.0 Å². The summed E-state index contributed by atoms with van der Waals surface area (Å²) in [5, 5.41) is 0. The van der Waals surface area contributed by atoms with Gasteiger partial charge in [0.05, 0.1) is 18.4 Å². The lowest BCUT2D eigenvalue weighted by Gasteiger charge is -2.18. The van der Waals surface area contributed by atoms with Crippen molar-refractivity contribution in [2.45, 2.75) is 4.90 Å². The summed E-state index contributed by atoms with van der Waals surface area (Å²) in [6.07, 6.45) is 0. The fourth-order valence-electron chi connectivity index (χ4n) is 1.96. The molecule has 2 aromatic carbocycles. The van der Waals surface area contributed by atoms with Crippen LogP contribution >= 0.6 is 0 Å². The smallest absolute Gasteiger partial charge is 0.337 e. The van der Waals surface area contributed by atoms with E-state index in [1.807, 2.05) is 0 Å². The van der Waals surface area contributed by atoms with E-state index in [0.29, 0.717) is 5.75 Å². The third kappa shape index (κ3) is 3.50. The fourth-order valence-corrected chi connectivity index (χ4v) is 3.03. The van der Waals surface area contributed by atoms with Crippen LogP contribution in [0, 0.1) is 0 Å². The van der Waals surface area contributed by atoms with Crippen LogP contribution in [-0.4, -0.2) is 39.9 Å². The Morgan fingerprint density at radius 3 is 2.29 bits per heavy atom. The molecule has 0 radical (unpaired) electrons. The summed E-state index contributed by atoms with van der Waals surface area (Å²) in [7, 11) is 0.0628. The van der Waals surface area contributed by atoms with Crippen molar-refractivity contribution in [3.8, 4) is 11.5 Å². The molecule has 0 saturated carbocycles. The molecule has 8 heteroatoms. The largest absolute Gasteiger partial charge is 0.465 e. The Balaban J connectivity index is 2.66. The van der Waals surface area contributed by atoms with Gasteiger partial charge in [0.1, 0.15) is 10.6 Å². The Bertz CT molecular complexity index is 848. The molecule has 0 aliphatic carbocycles. The standard InChI is InChI=1S/C16H18N2O5S/c1-18(2)24(20,21)14-10-11(16(19)22-3)9-13(17)15(14)23-12-7-5-4-6-8-12/h4-10H,17H2,1-3H3. The van der Waals surface area contributed by atoms with Gasteiger partial charge in [-0.05, 0) is 24.3 Å². The Morgan fingerprint density at radius 2 is 1.75 bits per heavy atom. The lowest BCUT2D eigenvalue weighted by atomic mass is 10.2. The summed E-state index contributed by atoms with van der Waals surface area (Å²) in [5.74, 6) is -0.309. The van der Waals surface area contributed by atoms with Crippen molar-refractivity contribution in [3.05, 3.63) is 48.0 Å². The molecular weight excluding hydrogens is 332 g/mol. The maximum absolute atomic E-state index is 12.6. The van der Waals surface area contributed by atoms with Crippen LogP contribution in [-0.2, 0) is 14.8 Å². The zero-order valence-corrected chi connectivity index (χ0v) is 14.3. The number of esters is 1. The van der Waals surface area contributed by atoms with E-state index < -0.39 is 16.0 Å².